The summed E-state index contributed by atoms with van der Waals surface area (Å²) in [4.78, 5) is 0. The van der Waals surface area contributed by atoms with E-state index in [0.717, 1.165) is 0 Å². The van der Waals surface area contributed by atoms with Gasteiger partial charge in [-0.25, -0.2) is 0 Å². The van der Waals surface area contributed by atoms with E-state index in [4.69, 9.17) is 0 Å². The molecule has 10 heteroatoms. The fourth-order valence-electron chi connectivity index (χ4n) is 0. The van der Waals surface area contributed by atoms with Gasteiger partial charge in [-0.3, -0.25) is 0 Å². The zero-order valence-electron chi connectivity index (χ0n) is 6.03. The third-order valence-corrected chi connectivity index (χ3v) is 0. The summed E-state index contributed by atoms with van der Waals surface area (Å²) in [5.74, 6) is 0. The van der Waals surface area contributed by atoms with Gasteiger partial charge >= 0.3 is 138 Å². The van der Waals surface area contributed by atoms with Crippen molar-refractivity contribution >= 4 is 178 Å². The van der Waals surface area contributed by atoms with Crippen LogP contribution < -0.4 is 0 Å². The molecule has 0 aromatic rings. The molecule has 0 saturated heterocycles. The van der Waals surface area contributed by atoms with E-state index in [1.807, 2.05) is 0 Å². The molecule has 0 nitrogen and oxygen atoms in total. The van der Waals surface area contributed by atoms with Crippen LogP contribution >= 0.6 is 39.6 Å². The first-order valence-corrected chi connectivity index (χ1v) is 0. The quantitative estimate of drug-likeness (QED) is 0.457. The molecule has 0 unspecified atom stereocenters. The van der Waals surface area contributed by atoms with Gasteiger partial charge in [0.15, 0.2) is 0 Å². The Morgan fingerprint density at radius 1 is 0.200 bits per heavy atom. The van der Waals surface area contributed by atoms with Crippen LogP contribution in [0.4, 0.5) is 0 Å². The molecule has 0 N–H and O–H groups in total. The van der Waals surface area contributed by atoms with Crippen LogP contribution in [0.5, 0.6) is 0 Å². The summed E-state index contributed by atoms with van der Waals surface area (Å²) < 4.78 is 0. The second-order valence-electron chi connectivity index (χ2n) is 0. The van der Waals surface area contributed by atoms with Gasteiger partial charge in [-0.1, -0.05) is 0 Å². The van der Waals surface area contributed by atoms with Crippen LogP contribution in [0.25, 0.3) is 0 Å². The molecule has 0 bridgehead atoms. The summed E-state index contributed by atoms with van der Waals surface area (Å²) in [6, 6.07) is 0. The minimum Gasteiger partial charge on any atom is -3.00 e. The molecule has 0 aliphatic rings. The molecule has 0 aliphatic carbocycles. The van der Waals surface area contributed by atoms with Gasteiger partial charge in [-0.2, -0.15) is 0 Å². The zero-order valence-corrected chi connectivity index (χ0v) is 18.1. The normalized spacial score (nSPS) is 0. The standard InChI is InChI=1S/6Mg.4P/q6*+2;4*-3. The molecule has 0 atom stereocenters. The van der Waals surface area contributed by atoms with E-state index in [0.29, 0.717) is 0 Å². The molecule has 0 spiro atoms. The smallest absolute Gasteiger partial charge is 2.00 e. The third kappa shape index (κ3) is 63.6. The molecule has 10 heavy (non-hydrogen) atoms. The number of rotatable bonds is 0. The van der Waals surface area contributed by atoms with Crippen molar-refractivity contribution in [3.05, 3.63) is 0 Å². The number of hydrogen-bond acceptors (Lipinski definition) is 0. The predicted octanol–water partition coefficient (Wildman–Crippen LogP) is 1.16. The first kappa shape index (κ1) is 95.9. The monoisotopic (exact) mass is 268 g/mol. The first-order chi connectivity index (χ1) is 0. The Labute approximate surface area is 174 Å². The molecule has 0 amide bonds. The predicted molar refractivity (Wildman–Crippen MR) is 62.2 cm³/mol. The topological polar surface area (TPSA) is 0 Å². The van der Waals surface area contributed by atoms with E-state index in [1.54, 1.807) is 0 Å². The average molecular weight is 270 g/mol. The molecule has 0 heterocycles. The molecule has 0 rings (SSSR count). The van der Waals surface area contributed by atoms with E-state index in [-0.39, 0.29) is 178 Å². The largest absolute Gasteiger partial charge is 3.00 e. The minimum absolute atomic E-state index is 0. The molecule has 0 aromatic carbocycles. The van der Waals surface area contributed by atoms with Crippen molar-refractivity contribution < 1.29 is 0 Å². The van der Waals surface area contributed by atoms with Gasteiger partial charge in [-0.05, 0) is 0 Å². The fourth-order valence-corrected chi connectivity index (χ4v) is 0. The molecule has 0 saturated carbocycles. The van der Waals surface area contributed by atoms with Crippen LogP contribution in [-0.4, -0.2) is 138 Å². The summed E-state index contributed by atoms with van der Waals surface area (Å²) >= 11 is 0. The maximum atomic E-state index is 0. The summed E-state index contributed by atoms with van der Waals surface area (Å²) in [6.45, 7) is 0. The molecular weight excluding hydrogens is 270 g/mol. The minimum atomic E-state index is 0. The van der Waals surface area contributed by atoms with E-state index in [9.17, 15) is 0 Å². The molecule has 32 valence electrons. The Hall–Kier alpha value is 6.32. The van der Waals surface area contributed by atoms with Gasteiger partial charge in [0.05, 0.1) is 0 Å². The number of hydrogen-bond donors (Lipinski definition) is 0. The van der Waals surface area contributed by atoms with Crippen LogP contribution in [0.2, 0.25) is 0 Å². The summed E-state index contributed by atoms with van der Waals surface area (Å²) in [6.07, 6.45) is 0. The zero-order chi connectivity index (χ0) is 0. The van der Waals surface area contributed by atoms with Gasteiger partial charge in [0.2, 0.25) is 0 Å². The average Bonchev–Trinajstić information content (AvgIpc) is 0. The van der Waals surface area contributed by atoms with Gasteiger partial charge < -0.3 is 39.6 Å². The van der Waals surface area contributed by atoms with Crippen LogP contribution in [-0.2, 0) is 0 Å². The molecule has 0 radical (unpaired) electrons. The van der Waals surface area contributed by atoms with Crippen molar-refractivity contribution in [1.29, 1.82) is 0 Å². The van der Waals surface area contributed by atoms with Crippen molar-refractivity contribution in [2.75, 3.05) is 0 Å². The van der Waals surface area contributed by atoms with Crippen molar-refractivity contribution in [1.82, 2.24) is 0 Å². The van der Waals surface area contributed by atoms with Crippen molar-refractivity contribution in [2.24, 2.45) is 0 Å². The van der Waals surface area contributed by atoms with Crippen LogP contribution in [0, 0.1) is 0 Å². The summed E-state index contributed by atoms with van der Waals surface area (Å²) in [5.41, 5.74) is 0. The van der Waals surface area contributed by atoms with E-state index >= 15 is 0 Å². The molecule has 0 aliphatic heterocycles. The fraction of sp³-hybridized carbons (Fsp3) is 0. The summed E-state index contributed by atoms with van der Waals surface area (Å²) in [5, 5.41) is 0. The van der Waals surface area contributed by atoms with Gasteiger partial charge in [0.25, 0.3) is 0 Å². The van der Waals surface area contributed by atoms with Crippen molar-refractivity contribution in [3.63, 3.8) is 0 Å². The van der Waals surface area contributed by atoms with Crippen molar-refractivity contribution in [3.8, 4) is 0 Å². The van der Waals surface area contributed by atoms with Crippen LogP contribution in [0.15, 0.2) is 0 Å². The van der Waals surface area contributed by atoms with E-state index < -0.39 is 0 Å². The van der Waals surface area contributed by atoms with Crippen LogP contribution in [0.3, 0.4) is 0 Å². The molecule has 0 fully saturated rings. The SMILES string of the molecule is [Mg+2].[Mg+2].[Mg+2].[Mg+2].[Mg+2].[Mg+2].[P-3].[P-3].[P-3].[P-3]. The van der Waals surface area contributed by atoms with E-state index in [1.165, 1.54) is 0 Å². The maximum Gasteiger partial charge on any atom is 2.00 e. The van der Waals surface area contributed by atoms with Gasteiger partial charge in [0.1, 0.15) is 0 Å². The van der Waals surface area contributed by atoms with Crippen molar-refractivity contribution in [2.45, 2.75) is 0 Å². The summed E-state index contributed by atoms with van der Waals surface area (Å²) in [7, 11) is 0. The van der Waals surface area contributed by atoms with E-state index in [2.05, 4.69) is 0 Å². The van der Waals surface area contributed by atoms with Crippen LogP contribution in [0.1, 0.15) is 0 Å². The second-order valence-corrected chi connectivity index (χ2v) is 0. The first-order valence-electron chi connectivity index (χ1n) is 0. The second kappa shape index (κ2) is 78.7. The molecule has 0 aromatic heterocycles. The third-order valence-electron chi connectivity index (χ3n) is 0. The molecular formula is Mg6P4. The maximum absolute atomic E-state index is 0. The Kier molecular flexibility index (Phi) is 755. The Morgan fingerprint density at radius 3 is 0.200 bits per heavy atom. The van der Waals surface area contributed by atoms with Gasteiger partial charge in [0, 0.05) is 0 Å². The Balaban J connectivity index is 0. The Bertz CT molecular complexity index is 9.71. The van der Waals surface area contributed by atoms with Gasteiger partial charge in [-0.15, -0.1) is 0 Å². The Morgan fingerprint density at radius 2 is 0.200 bits per heavy atom.